The number of sulfonamides is 1. The number of para-hydroxylation sites is 1. The van der Waals surface area contributed by atoms with Gasteiger partial charge in [0.2, 0.25) is 10.0 Å². The van der Waals surface area contributed by atoms with Gasteiger partial charge in [0.15, 0.2) is 0 Å². The summed E-state index contributed by atoms with van der Waals surface area (Å²) >= 11 is 0. The van der Waals surface area contributed by atoms with Crippen LogP contribution >= 0.6 is 0 Å². The first-order chi connectivity index (χ1) is 14.9. The Morgan fingerprint density at radius 3 is 2.13 bits per heavy atom. The predicted molar refractivity (Wildman–Crippen MR) is 120 cm³/mol. The Hall–Kier alpha value is -3.16. The van der Waals surface area contributed by atoms with E-state index in [1.54, 1.807) is 54.6 Å². The van der Waals surface area contributed by atoms with Gasteiger partial charge in [0.1, 0.15) is 12.4 Å². The van der Waals surface area contributed by atoms with Crippen molar-refractivity contribution in [2.24, 2.45) is 0 Å². The van der Waals surface area contributed by atoms with Gasteiger partial charge < -0.3 is 10.1 Å². The highest BCUT2D eigenvalue weighted by molar-refractivity contribution is 7.89. The monoisotopic (exact) mass is 438 g/mol. The Kier molecular flexibility index (Phi) is 7.44. The summed E-state index contributed by atoms with van der Waals surface area (Å²) < 4.78 is 32.2. The van der Waals surface area contributed by atoms with Crippen molar-refractivity contribution in [2.45, 2.75) is 24.4 Å². The largest absolute Gasteiger partial charge is 0.491 e. The summed E-state index contributed by atoms with van der Waals surface area (Å²) in [6.07, 6.45) is 0. The molecule has 162 valence electrons. The van der Waals surface area contributed by atoms with Gasteiger partial charge in [0.05, 0.1) is 10.9 Å². The van der Waals surface area contributed by atoms with Crippen LogP contribution in [0, 0.1) is 0 Å². The maximum absolute atomic E-state index is 12.6. The lowest BCUT2D eigenvalue weighted by atomic mass is 10.1. The quantitative estimate of drug-likeness (QED) is 0.553. The summed E-state index contributed by atoms with van der Waals surface area (Å²) in [7, 11) is -2.03. The Balaban J connectivity index is 1.55. The summed E-state index contributed by atoms with van der Waals surface area (Å²) in [6.45, 7) is 2.44. The highest BCUT2D eigenvalue weighted by atomic mass is 32.2. The molecule has 6 nitrogen and oxygen atoms in total. The topological polar surface area (TPSA) is 75.7 Å². The molecule has 0 unspecified atom stereocenters. The molecule has 0 bridgehead atoms. The average Bonchev–Trinajstić information content (AvgIpc) is 2.79. The molecule has 0 aromatic heterocycles. The predicted octanol–water partition coefficient (Wildman–Crippen LogP) is 3.70. The van der Waals surface area contributed by atoms with Gasteiger partial charge >= 0.3 is 0 Å². The lowest BCUT2D eigenvalue weighted by Gasteiger charge is -2.18. The van der Waals surface area contributed by atoms with E-state index in [0.717, 1.165) is 11.3 Å². The SMILES string of the molecule is C[C@@H](COc1ccccc1)NC(=O)c1ccc(CN(C)S(=O)(=O)c2ccccc2)cc1. The van der Waals surface area contributed by atoms with Crippen molar-refractivity contribution in [1.82, 2.24) is 9.62 Å². The third kappa shape index (κ3) is 6.16. The van der Waals surface area contributed by atoms with E-state index < -0.39 is 10.0 Å². The van der Waals surface area contributed by atoms with E-state index >= 15 is 0 Å². The van der Waals surface area contributed by atoms with Crippen LogP contribution in [0.3, 0.4) is 0 Å². The molecule has 7 heteroatoms. The summed E-state index contributed by atoms with van der Waals surface area (Å²) in [5.74, 6) is 0.545. The van der Waals surface area contributed by atoms with E-state index in [4.69, 9.17) is 4.74 Å². The van der Waals surface area contributed by atoms with Gasteiger partial charge in [-0.3, -0.25) is 4.79 Å². The Morgan fingerprint density at radius 2 is 1.52 bits per heavy atom. The number of benzene rings is 3. The van der Waals surface area contributed by atoms with Crippen LogP contribution < -0.4 is 10.1 Å². The fourth-order valence-corrected chi connectivity index (χ4v) is 4.14. The molecule has 31 heavy (non-hydrogen) atoms. The van der Waals surface area contributed by atoms with Crippen LogP contribution in [0.1, 0.15) is 22.8 Å². The van der Waals surface area contributed by atoms with Crippen molar-refractivity contribution in [3.8, 4) is 5.75 Å². The fourth-order valence-electron chi connectivity index (χ4n) is 2.96. The highest BCUT2D eigenvalue weighted by Gasteiger charge is 2.20. The number of carbonyl (C=O) groups is 1. The third-order valence-corrected chi connectivity index (χ3v) is 6.51. The summed E-state index contributed by atoms with van der Waals surface area (Å²) in [5, 5.41) is 2.90. The van der Waals surface area contributed by atoms with Crippen molar-refractivity contribution in [3.63, 3.8) is 0 Å². The zero-order valence-electron chi connectivity index (χ0n) is 17.6. The molecule has 0 spiro atoms. The molecule has 3 aromatic carbocycles. The smallest absolute Gasteiger partial charge is 0.251 e. The maximum Gasteiger partial charge on any atom is 0.251 e. The average molecular weight is 439 g/mol. The summed E-state index contributed by atoms with van der Waals surface area (Å²) in [6, 6.07) is 24.5. The second kappa shape index (κ2) is 10.2. The van der Waals surface area contributed by atoms with E-state index in [2.05, 4.69) is 5.32 Å². The van der Waals surface area contributed by atoms with E-state index in [0.29, 0.717) is 12.2 Å². The van der Waals surface area contributed by atoms with Crippen LogP contribution in [-0.2, 0) is 16.6 Å². The fraction of sp³-hybridized carbons (Fsp3) is 0.208. The third-order valence-electron chi connectivity index (χ3n) is 4.69. The van der Waals surface area contributed by atoms with Crippen molar-refractivity contribution in [2.75, 3.05) is 13.7 Å². The first kappa shape index (κ1) is 22.5. The highest BCUT2D eigenvalue weighted by Crippen LogP contribution is 2.17. The normalized spacial score (nSPS) is 12.4. The number of rotatable bonds is 9. The lowest BCUT2D eigenvalue weighted by molar-refractivity contribution is 0.0926. The van der Waals surface area contributed by atoms with Gasteiger partial charge in [-0.1, -0.05) is 48.5 Å². The summed E-state index contributed by atoms with van der Waals surface area (Å²) in [4.78, 5) is 12.7. The number of amides is 1. The molecule has 0 saturated heterocycles. The number of nitrogens with one attached hydrogen (secondary N) is 1. The van der Waals surface area contributed by atoms with Crippen LogP contribution in [0.15, 0.2) is 89.8 Å². The van der Waals surface area contributed by atoms with Gasteiger partial charge in [-0.25, -0.2) is 8.42 Å². The second-order valence-electron chi connectivity index (χ2n) is 7.27. The van der Waals surface area contributed by atoms with E-state index in [-0.39, 0.29) is 23.4 Å². The molecule has 0 aliphatic rings. The van der Waals surface area contributed by atoms with E-state index in [1.807, 2.05) is 37.3 Å². The number of carbonyl (C=O) groups excluding carboxylic acids is 1. The van der Waals surface area contributed by atoms with E-state index in [1.165, 1.54) is 11.4 Å². The number of hydrogen-bond acceptors (Lipinski definition) is 4. The van der Waals surface area contributed by atoms with Gasteiger partial charge in [-0.15, -0.1) is 0 Å². The Labute approximate surface area is 183 Å². The Morgan fingerprint density at radius 1 is 0.935 bits per heavy atom. The molecule has 3 aromatic rings. The zero-order valence-corrected chi connectivity index (χ0v) is 18.4. The molecule has 0 heterocycles. The maximum atomic E-state index is 12.6. The molecule has 1 atom stereocenters. The van der Waals surface area contributed by atoms with Crippen molar-refractivity contribution in [1.29, 1.82) is 0 Å². The van der Waals surface area contributed by atoms with Gasteiger partial charge in [0, 0.05) is 19.2 Å². The number of hydrogen-bond donors (Lipinski definition) is 1. The van der Waals surface area contributed by atoms with Crippen molar-refractivity contribution >= 4 is 15.9 Å². The van der Waals surface area contributed by atoms with Crippen LogP contribution in [0.2, 0.25) is 0 Å². The number of nitrogens with zero attached hydrogens (tertiary/aromatic N) is 1. The van der Waals surface area contributed by atoms with Gasteiger partial charge in [-0.2, -0.15) is 4.31 Å². The van der Waals surface area contributed by atoms with E-state index in [9.17, 15) is 13.2 Å². The molecule has 0 aliphatic carbocycles. The molecule has 1 N–H and O–H groups in total. The van der Waals surface area contributed by atoms with Gasteiger partial charge in [-0.05, 0) is 48.9 Å². The minimum atomic E-state index is -3.57. The summed E-state index contributed by atoms with van der Waals surface area (Å²) in [5.41, 5.74) is 1.29. The second-order valence-corrected chi connectivity index (χ2v) is 9.31. The molecular formula is C24H26N2O4S. The first-order valence-corrected chi connectivity index (χ1v) is 11.4. The number of ether oxygens (including phenoxy) is 1. The minimum Gasteiger partial charge on any atom is -0.491 e. The molecule has 3 rings (SSSR count). The van der Waals surface area contributed by atoms with Crippen molar-refractivity contribution < 1.29 is 17.9 Å². The molecule has 0 fully saturated rings. The molecular weight excluding hydrogens is 412 g/mol. The van der Waals surface area contributed by atoms with Gasteiger partial charge in [0.25, 0.3) is 5.91 Å². The minimum absolute atomic E-state index is 0.172. The van der Waals surface area contributed by atoms with Crippen LogP contribution in [0.5, 0.6) is 5.75 Å². The van der Waals surface area contributed by atoms with Crippen LogP contribution in [0.4, 0.5) is 0 Å². The Bertz CT molecular complexity index is 1090. The molecule has 0 saturated carbocycles. The standard InChI is InChI=1S/C24H26N2O4S/c1-19(18-30-22-9-5-3-6-10-22)25-24(27)21-15-13-20(14-16-21)17-26(2)31(28,29)23-11-7-4-8-12-23/h3-16,19H,17-18H2,1-2H3,(H,25,27)/t19-/m0/s1. The molecule has 0 radical (unpaired) electrons. The molecule has 1 amide bonds. The van der Waals surface area contributed by atoms with Crippen LogP contribution in [-0.4, -0.2) is 38.3 Å². The van der Waals surface area contributed by atoms with Crippen LogP contribution in [0.25, 0.3) is 0 Å². The first-order valence-electron chi connectivity index (χ1n) is 9.95. The molecule has 0 aliphatic heterocycles. The zero-order chi connectivity index (χ0) is 22.3. The lowest BCUT2D eigenvalue weighted by Crippen LogP contribution is -2.36. The van der Waals surface area contributed by atoms with Crippen molar-refractivity contribution in [3.05, 3.63) is 96.1 Å².